The average Bonchev–Trinajstić information content (AvgIpc) is 3.04. The van der Waals surface area contributed by atoms with Crippen LogP contribution in [-0.4, -0.2) is 5.75 Å². The Morgan fingerprint density at radius 3 is 2.93 bits per heavy atom. The molecule has 80 valence electrons. The van der Waals surface area contributed by atoms with Gasteiger partial charge in [0.15, 0.2) is 0 Å². The molecule has 15 heavy (non-hydrogen) atoms. The highest BCUT2D eigenvalue weighted by molar-refractivity contribution is 7.99. The van der Waals surface area contributed by atoms with Gasteiger partial charge >= 0.3 is 0 Å². The highest BCUT2D eigenvalue weighted by atomic mass is 32.2. The fourth-order valence-electron chi connectivity index (χ4n) is 1.79. The van der Waals surface area contributed by atoms with Crippen molar-refractivity contribution in [1.29, 1.82) is 0 Å². The normalized spacial score (nSPS) is 17.4. The van der Waals surface area contributed by atoms with E-state index in [2.05, 4.69) is 24.2 Å². The summed E-state index contributed by atoms with van der Waals surface area (Å²) in [5.41, 5.74) is 1.09. The molecular formula is C12H15NOS. The summed E-state index contributed by atoms with van der Waals surface area (Å²) in [5.74, 6) is 1.57. The lowest BCUT2D eigenvalue weighted by atomic mass is 10.0. The first-order chi connectivity index (χ1) is 7.35. The number of benzene rings is 1. The van der Waals surface area contributed by atoms with Gasteiger partial charge in [0.05, 0.1) is 0 Å². The quantitative estimate of drug-likeness (QED) is 0.555. The largest absolute Gasteiger partial charge is 0.150 e. The van der Waals surface area contributed by atoms with E-state index in [0.29, 0.717) is 5.92 Å². The number of hydrogen-bond acceptors (Lipinski definition) is 3. The summed E-state index contributed by atoms with van der Waals surface area (Å²) in [7, 11) is 0. The van der Waals surface area contributed by atoms with Crippen LogP contribution in [0.15, 0.2) is 34.3 Å². The number of nitroso groups, excluding NO2 is 1. The second-order valence-electron chi connectivity index (χ2n) is 3.89. The Labute approximate surface area is 94.4 Å². The summed E-state index contributed by atoms with van der Waals surface area (Å²) >= 11 is 1.81. The second kappa shape index (κ2) is 4.79. The van der Waals surface area contributed by atoms with Crippen molar-refractivity contribution in [3.8, 4) is 0 Å². The standard InChI is InChI=1S/C12H15NOS/c1-2-15-11-5-3-4-10(8-11)12(13-14)9-6-7-9/h3-5,8-9,12H,2,6-7H2,1H3. The molecule has 3 heteroatoms. The van der Waals surface area contributed by atoms with Crippen LogP contribution in [0.2, 0.25) is 0 Å². The van der Waals surface area contributed by atoms with Crippen molar-refractivity contribution in [3.63, 3.8) is 0 Å². The average molecular weight is 221 g/mol. The van der Waals surface area contributed by atoms with E-state index in [1.807, 2.05) is 12.1 Å². The smallest absolute Gasteiger partial charge is 0.120 e. The molecule has 0 amide bonds. The third-order valence-corrected chi connectivity index (χ3v) is 3.57. The zero-order valence-electron chi connectivity index (χ0n) is 8.85. The van der Waals surface area contributed by atoms with Gasteiger partial charge in [0.1, 0.15) is 6.04 Å². The molecule has 1 atom stereocenters. The molecule has 2 rings (SSSR count). The summed E-state index contributed by atoms with van der Waals surface area (Å²) < 4.78 is 0. The van der Waals surface area contributed by atoms with E-state index < -0.39 is 0 Å². The van der Waals surface area contributed by atoms with E-state index in [1.54, 1.807) is 11.8 Å². The van der Waals surface area contributed by atoms with Gasteiger partial charge in [-0.25, -0.2) is 0 Å². The maximum Gasteiger partial charge on any atom is 0.120 e. The summed E-state index contributed by atoms with van der Waals surface area (Å²) in [5, 5.41) is 3.26. The minimum Gasteiger partial charge on any atom is -0.150 e. The minimum absolute atomic E-state index is 0.109. The third-order valence-electron chi connectivity index (χ3n) is 2.69. The van der Waals surface area contributed by atoms with Gasteiger partial charge in [0.2, 0.25) is 0 Å². The van der Waals surface area contributed by atoms with E-state index >= 15 is 0 Å². The number of rotatable bonds is 5. The van der Waals surface area contributed by atoms with Gasteiger partial charge in [0.25, 0.3) is 0 Å². The van der Waals surface area contributed by atoms with Crippen LogP contribution < -0.4 is 0 Å². The molecule has 0 heterocycles. The number of nitrogens with zero attached hydrogens (tertiary/aromatic N) is 1. The predicted octanol–water partition coefficient (Wildman–Crippen LogP) is 4.02. The molecule has 0 aromatic heterocycles. The molecule has 0 bridgehead atoms. The van der Waals surface area contributed by atoms with Crippen LogP contribution in [0.3, 0.4) is 0 Å². The lowest BCUT2D eigenvalue weighted by Gasteiger charge is -2.09. The monoisotopic (exact) mass is 221 g/mol. The van der Waals surface area contributed by atoms with Gasteiger partial charge in [-0.1, -0.05) is 24.2 Å². The highest BCUT2D eigenvalue weighted by Crippen LogP contribution is 2.43. The van der Waals surface area contributed by atoms with Crippen molar-refractivity contribution in [2.24, 2.45) is 11.1 Å². The lowest BCUT2D eigenvalue weighted by Crippen LogP contribution is -1.96. The van der Waals surface area contributed by atoms with E-state index in [-0.39, 0.29) is 6.04 Å². The van der Waals surface area contributed by atoms with Crippen molar-refractivity contribution in [2.75, 3.05) is 5.75 Å². The van der Waals surface area contributed by atoms with Gasteiger partial charge in [0, 0.05) is 4.90 Å². The molecule has 1 aliphatic rings. The first-order valence-electron chi connectivity index (χ1n) is 5.40. The summed E-state index contributed by atoms with van der Waals surface area (Å²) in [6, 6.07) is 8.13. The van der Waals surface area contributed by atoms with E-state index in [1.165, 1.54) is 4.90 Å². The fourth-order valence-corrected chi connectivity index (χ4v) is 2.51. The van der Waals surface area contributed by atoms with Crippen molar-refractivity contribution in [3.05, 3.63) is 34.7 Å². The first kappa shape index (κ1) is 10.7. The molecule has 1 aromatic carbocycles. The van der Waals surface area contributed by atoms with E-state index in [4.69, 9.17) is 0 Å². The summed E-state index contributed by atoms with van der Waals surface area (Å²) in [6.45, 7) is 2.13. The molecular weight excluding hydrogens is 206 g/mol. The van der Waals surface area contributed by atoms with Crippen LogP contribution in [0.4, 0.5) is 0 Å². The second-order valence-corrected chi connectivity index (χ2v) is 5.23. The molecule has 0 radical (unpaired) electrons. The third kappa shape index (κ3) is 2.59. The summed E-state index contributed by atoms with van der Waals surface area (Å²) in [4.78, 5) is 12.0. The van der Waals surface area contributed by atoms with Gasteiger partial charge in [-0.05, 0) is 42.2 Å². The molecule has 1 fully saturated rings. The van der Waals surface area contributed by atoms with Crippen LogP contribution in [0.1, 0.15) is 31.4 Å². The maximum absolute atomic E-state index is 10.8. The predicted molar refractivity (Wildman–Crippen MR) is 64.1 cm³/mol. The molecule has 0 aliphatic heterocycles. The van der Waals surface area contributed by atoms with Crippen LogP contribution in [0.5, 0.6) is 0 Å². The first-order valence-corrected chi connectivity index (χ1v) is 6.39. The Bertz CT molecular complexity index is 349. The molecule has 1 saturated carbocycles. The Hall–Kier alpha value is -0.830. The SMILES string of the molecule is CCSc1cccc(C(N=O)C2CC2)c1. The van der Waals surface area contributed by atoms with Gasteiger partial charge in [-0.2, -0.15) is 4.91 Å². The fraction of sp³-hybridized carbons (Fsp3) is 0.500. The van der Waals surface area contributed by atoms with Crippen molar-refractivity contribution >= 4 is 11.8 Å². The molecule has 0 spiro atoms. The highest BCUT2D eigenvalue weighted by Gasteiger charge is 2.33. The van der Waals surface area contributed by atoms with Gasteiger partial charge in [-0.15, -0.1) is 11.8 Å². The molecule has 1 unspecified atom stereocenters. The van der Waals surface area contributed by atoms with Crippen molar-refractivity contribution in [2.45, 2.75) is 30.7 Å². The number of hydrogen-bond donors (Lipinski definition) is 0. The Balaban J connectivity index is 2.18. The molecule has 0 N–H and O–H groups in total. The summed E-state index contributed by atoms with van der Waals surface area (Å²) in [6.07, 6.45) is 2.31. The topological polar surface area (TPSA) is 29.4 Å². The minimum atomic E-state index is -0.109. The van der Waals surface area contributed by atoms with Gasteiger partial charge < -0.3 is 0 Å². The van der Waals surface area contributed by atoms with Gasteiger partial charge in [-0.3, -0.25) is 0 Å². The zero-order valence-corrected chi connectivity index (χ0v) is 9.67. The number of thioether (sulfide) groups is 1. The molecule has 2 nitrogen and oxygen atoms in total. The van der Waals surface area contributed by atoms with Crippen LogP contribution in [0.25, 0.3) is 0 Å². The Kier molecular flexibility index (Phi) is 3.41. The lowest BCUT2D eigenvalue weighted by molar-refractivity contribution is 0.630. The van der Waals surface area contributed by atoms with Crippen LogP contribution in [0, 0.1) is 10.8 Å². The van der Waals surface area contributed by atoms with E-state index in [0.717, 1.165) is 24.2 Å². The maximum atomic E-state index is 10.8. The van der Waals surface area contributed by atoms with Crippen LogP contribution in [-0.2, 0) is 0 Å². The molecule has 1 aromatic rings. The Morgan fingerprint density at radius 1 is 1.53 bits per heavy atom. The van der Waals surface area contributed by atoms with Crippen LogP contribution >= 0.6 is 11.8 Å². The Morgan fingerprint density at radius 2 is 2.33 bits per heavy atom. The van der Waals surface area contributed by atoms with Crippen molar-refractivity contribution < 1.29 is 0 Å². The zero-order chi connectivity index (χ0) is 10.7. The molecule has 1 aliphatic carbocycles. The molecule has 0 saturated heterocycles. The van der Waals surface area contributed by atoms with E-state index in [9.17, 15) is 4.91 Å². The van der Waals surface area contributed by atoms with Crippen molar-refractivity contribution in [1.82, 2.24) is 0 Å².